The maximum atomic E-state index is 11.1. The number of phenols is 1. The van der Waals surface area contributed by atoms with Crippen LogP contribution in [0.3, 0.4) is 0 Å². The standard InChI is InChI=1S/C24H19NO5/c26-23-11-10-19(12-21(23)24(27)28)30-15-18-8-6-17-7-9-20(13-22(17)25-18)29-14-16-4-2-1-3-5-16/h1-13,26H,14-15H2,(H,27,28). The molecule has 0 radical (unpaired) electrons. The quantitative estimate of drug-likeness (QED) is 0.463. The summed E-state index contributed by atoms with van der Waals surface area (Å²) in [6.45, 7) is 0.636. The molecule has 30 heavy (non-hydrogen) atoms. The number of pyridine rings is 1. The number of ether oxygens (including phenoxy) is 2. The Hall–Kier alpha value is -4.06. The zero-order chi connectivity index (χ0) is 20.9. The first kappa shape index (κ1) is 19.3. The van der Waals surface area contributed by atoms with Crippen molar-refractivity contribution in [1.29, 1.82) is 0 Å². The van der Waals surface area contributed by atoms with Crippen LogP contribution in [0.25, 0.3) is 10.9 Å². The van der Waals surface area contributed by atoms with Crippen LogP contribution in [-0.2, 0) is 13.2 Å². The summed E-state index contributed by atoms with van der Waals surface area (Å²) in [4.78, 5) is 15.7. The number of aromatic carboxylic acids is 1. The number of rotatable bonds is 7. The summed E-state index contributed by atoms with van der Waals surface area (Å²) in [5.41, 5.74) is 2.34. The van der Waals surface area contributed by atoms with E-state index in [-0.39, 0.29) is 17.9 Å². The van der Waals surface area contributed by atoms with Crippen molar-refractivity contribution in [3.8, 4) is 17.2 Å². The summed E-state index contributed by atoms with van der Waals surface area (Å²) in [5, 5.41) is 19.7. The number of aromatic hydroxyl groups is 1. The minimum atomic E-state index is -1.22. The van der Waals surface area contributed by atoms with Crippen LogP contribution in [0.1, 0.15) is 21.6 Å². The number of carboxylic acids is 1. The van der Waals surface area contributed by atoms with Crippen molar-refractivity contribution < 1.29 is 24.5 Å². The average molecular weight is 401 g/mol. The van der Waals surface area contributed by atoms with Gasteiger partial charge in [0.25, 0.3) is 0 Å². The van der Waals surface area contributed by atoms with E-state index in [2.05, 4.69) is 4.98 Å². The molecular weight excluding hydrogens is 382 g/mol. The van der Waals surface area contributed by atoms with Gasteiger partial charge in [-0.1, -0.05) is 36.4 Å². The largest absolute Gasteiger partial charge is 0.507 e. The van der Waals surface area contributed by atoms with Gasteiger partial charge in [0.15, 0.2) is 0 Å². The molecule has 6 nitrogen and oxygen atoms in total. The molecule has 0 bridgehead atoms. The van der Waals surface area contributed by atoms with Crippen molar-refractivity contribution >= 4 is 16.9 Å². The molecule has 0 fully saturated rings. The summed E-state index contributed by atoms with van der Waals surface area (Å²) >= 11 is 0. The van der Waals surface area contributed by atoms with Crippen molar-refractivity contribution in [1.82, 2.24) is 4.98 Å². The molecule has 0 amide bonds. The third-order valence-corrected chi connectivity index (χ3v) is 4.55. The molecule has 0 spiro atoms. The fourth-order valence-electron chi connectivity index (χ4n) is 2.98. The van der Waals surface area contributed by atoms with E-state index in [0.717, 1.165) is 22.2 Å². The molecule has 2 N–H and O–H groups in total. The van der Waals surface area contributed by atoms with Crippen LogP contribution in [0.5, 0.6) is 17.2 Å². The van der Waals surface area contributed by atoms with Crippen molar-refractivity contribution in [3.05, 3.63) is 95.7 Å². The number of carboxylic acid groups (broad SMARTS) is 1. The molecule has 4 aromatic rings. The molecular formula is C24H19NO5. The molecule has 3 aromatic carbocycles. The van der Waals surface area contributed by atoms with E-state index in [4.69, 9.17) is 14.6 Å². The van der Waals surface area contributed by atoms with Gasteiger partial charge in [-0.15, -0.1) is 0 Å². The van der Waals surface area contributed by atoms with Crippen LogP contribution < -0.4 is 9.47 Å². The zero-order valence-corrected chi connectivity index (χ0v) is 16.0. The van der Waals surface area contributed by atoms with Gasteiger partial charge >= 0.3 is 5.97 Å². The van der Waals surface area contributed by atoms with Crippen LogP contribution in [0.15, 0.2) is 78.9 Å². The van der Waals surface area contributed by atoms with Gasteiger partial charge in [-0.2, -0.15) is 0 Å². The second-order valence-corrected chi connectivity index (χ2v) is 6.70. The van der Waals surface area contributed by atoms with E-state index in [9.17, 15) is 9.90 Å². The number of hydrogen-bond acceptors (Lipinski definition) is 5. The Bertz CT molecular complexity index is 1190. The van der Waals surface area contributed by atoms with Gasteiger partial charge < -0.3 is 19.7 Å². The van der Waals surface area contributed by atoms with Gasteiger partial charge in [0.2, 0.25) is 0 Å². The summed E-state index contributed by atoms with van der Waals surface area (Å²) in [7, 11) is 0. The zero-order valence-electron chi connectivity index (χ0n) is 16.0. The van der Waals surface area contributed by atoms with Crippen molar-refractivity contribution in [2.45, 2.75) is 13.2 Å². The number of hydrogen-bond donors (Lipinski definition) is 2. The highest BCUT2D eigenvalue weighted by Gasteiger charge is 2.11. The second-order valence-electron chi connectivity index (χ2n) is 6.70. The summed E-state index contributed by atoms with van der Waals surface area (Å²) in [6, 6.07) is 23.6. The van der Waals surface area contributed by atoms with E-state index in [1.807, 2.05) is 60.7 Å². The van der Waals surface area contributed by atoms with Gasteiger partial charge in [0, 0.05) is 11.5 Å². The normalized spacial score (nSPS) is 10.7. The van der Waals surface area contributed by atoms with Crippen LogP contribution in [0, 0.1) is 0 Å². The second kappa shape index (κ2) is 8.53. The predicted octanol–water partition coefficient (Wildman–Crippen LogP) is 4.80. The molecule has 4 rings (SSSR count). The molecule has 1 heterocycles. The van der Waals surface area contributed by atoms with Crippen molar-refractivity contribution in [2.75, 3.05) is 0 Å². The number of aromatic nitrogens is 1. The monoisotopic (exact) mass is 401 g/mol. The van der Waals surface area contributed by atoms with Crippen LogP contribution >= 0.6 is 0 Å². The Morgan fingerprint density at radius 2 is 1.53 bits per heavy atom. The van der Waals surface area contributed by atoms with E-state index in [0.29, 0.717) is 18.1 Å². The minimum absolute atomic E-state index is 0.162. The smallest absolute Gasteiger partial charge is 0.339 e. The molecule has 0 unspecified atom stereocenters. The molecule has 0 saturated carbocycles. The molecule has 150 valence electrons. The van der Waals surface area contributed by atoms with Crippen molar-refractivity contribution in [2.24, 2.45) is 0 Å². The Labute approximate surface area is 173 Å². The van der Waals surface area contributed by atoms with Crippen LogP contribution in [0.2, 0.25) is 0 Å². The molecule has 0 aliphatic carbocycles. The highest BCUT2D eigenvalue weighted by atomic mass is 16.5. The van der Waals surface area contributed by atoms with E-state index < -0.39 is 5.97 Å². The predicted molar refractivity (Wildman–Crippen MR) is 112 cm³/mol. The van der Waals surface area contributed by atoms with Gasteiger partial charge in [-0.05, 0) is 42.0 Å². The lowest BCUT2D eigenvalue weighted by atomic mass is 10.2. The highest BCUT2D eigenvalue weighted by Crippen LogP contribution is 2.24. The van der Waals surface area contributed by atoms with Crippen LogP contribution in [0.4, 0.5) is 0 Å². The first-order chi connectivity index (χ1) is 14.6. The third-order valence-electron chi connectivity index (χ3n) is 4.55. The maximum Gasteiger partial charge on any atom is 0.339 e. The molecule has 1 aromatic heterocycles. The Morgan fingerprint density at radius 3 is 2.33 bits per heavy atom. The lowest BCUT2D eigenvalue weighted by Crippen LogP contribution is -2.01. The Balaban J connectivity index is 1.47. The Morgan fingerprint density at radius 1 is 0.833 bits per heavy atom. The summed E-state index contributed by atoms with van der Waals surface area (Å²) in [6.07, 6.45) is 0. The summed E-state index contributed by atoms with van der Waals surface area (Å²) in [5.74, 6) is -0.458. The lowest BCUT2D eigenvalue weighted by Gasteiger charge is -2.10. The summed E-state index contributed by atoms with van der Waals surface area (Å²) < 4.78 is 11.5. The van der Waals surface area contributed by atoms with E-state index in [1.165, 1.54) is 18.2 Å². The maximum absolute atomic E-state index is 11.1. The van der Waals surface area contributed by atoms with Gasteiger partial charge in [0.1, 0.15) is 36.0 Å². The first-order valence-corrected chi connectivity index (χ1v) is 9.34. The fraction of sp³-hybridized carbons (Fsp3) is 0.0833. The average Bonchev–Trinajstić information content (AvgIpc) is 2.77. The molecule has 0 saturated heterocycles. The van der Waals surface area contributed by atoms with Gasteiger partial charge in [-0.25, -0.2) is 9.78 Å². The number of fused-ring (bicyclic) bond motifs is 1. The van der Waals surface area contributed by atoms with E-state index >= 15 is 0 Å². The van der Waals surface area contributed by atoms with Gasteiger partial charge in [-0.3, -0.25) is 0 Å². The van der Waals surface area contributed by atoms with E-state index in [1.54, 1.807) is 0 Å². The first-order valence-electron chi connectivity index (χ1n) is 9.34. The minimum Gasteiger partial charge on any atom is -0.507 e. The lowest BCUT2D eigenvalue weighted by molar-refractivity contribution is 0.0693. The van der Waals surface area contributed by atoms with Crippen LogP contribution in [-0.4, -0.2) is 21.2 Å². The molecule has 0 atom stereocenters. The molecule has 6 heteroatoms. The van der Waals surface area contributed by atoms with Gasteiger partial charge in [0.05, 0.1) is 11.2 Å². The Kier molecular flexibility index (Phi) is 5.48. The SMILES string of the molecule is O=C(O)c1cc(OCc2ccc3ccc(OCc4ccccc4)cc3n2)ccc1O. The topological polar surface area (TPSA) is 88.9 Å². The fourth-order valence-corrected chi connectivity index (χ4v) is 2.98. The molecule has 0 aliphatic rings. The number of benzene rings is 3. The molecule has 0 aliphatic heterocycles. The highest BCUT2D eigenvalue weighted by molar-refractivity contribution is 5.91. The van der Waals surface area contributed by atoms with Crippen molar-refractivity contribution in [3.63, 3.8) is 0 Å². The number of nitrogens with zero attached hydrogens (tertiary/aromatic N) is 1. The number of carbonyl (C=O) groups is 1. The third kappa shape index (κ3) is 4.50.